The minimum Gasteiger partial charge on any atom is -0.491 e. The van der Waals surface area contributed by atoms with Gasteiger partial charge in [0.25, 0.3) is 11.8 Å². The second kappa shape index (κ2) is 6.69. The van der Waals surface area contributed by atoms with Gasteiger partial charge in [-0.15, -0.1) is 10.2 Å². The summed E-state index contributed by atoms with van der Waals surface area (Å²) in [5, 5.41) is 7.80. The second-order valence-electron chi connectivity index (χ2n) is 4.58. The monoisotopic (exact) mass is 287 g/mol. The van der Waals surface area contributed by atoms with Crippen LogP contribution in [0.15, 0.2) is 36.4 Å². The molecular weight excluding hydrogens is 270 g/mol. The smallest absolute Gasteiger partial charge is 0.276 e. The average Bonchev–Trinajstić information content (AvgIpc) is 2.53. The predicted octanol–water partition coefficient (Wildman–Crippen LogP) is 1.77. The van der Waals surface area contributed by atoms with Gasteiger partial charge in [-0.1, -0.05) is 30.3 Å². The van der Waals surface area contributed by atoms with Crippen molar-refractivity contribution in [2.24, 2.45) is 0 Å². The van der Waals surface area contributed by atoms with Crippen molar-refractivity contribution in [3.63, 3.8) is 0 Å². The maximum absolute atomic E-state index is 11.8. The third-order valence-electron chi connectivity index (χ3n) is 2.79. The van der Waals surface area contributed by atoms with E-state index in [9.17, 15) is 4.79 Å². The predicted molar refractivity (Wildman–Crippen MR) is 77.4 cm³/mol. The maximum Gasteiger partial charge on any atom is 0.276 e. The molecule has 6 heteroatoms. The van der Waals surface area contributed by atoms with Crippen LogP contribution in [0.1, 0.15) is 16.1 Å². The molecule has 0 radical (unpaired) electrons. The average molecular weight is 287 g/mol. The number of hydrogen-bond acceptors (Lipinski definition) is 5. The van der Waals surface area contributed by atoms with Crippen LogP contribution >= 0.6 is 0 Å². The fourth-order valence-corrected chi connectivity index (χ4v) is 1.67. The Labute approximate surface area is 123 Å². The van der Waals surface area contributed by atoms with E-state index in [-0.39, 0.29) is 17.5 Å². The molecule has 1 amide bonds. The fraction of sp³-hybridized carbons (Fsp3) is 0.267. The van der Waals surface area contributed by atoms with Crippen LogP contribution in [0, 0.1) is 0 Å². The first kappa shape index (κ1) is 14.8. The summed E-state index contributed by atoms with van der Waals surface area (Å²) in [6, 6.07) is 11.2. The Morgan fingerprint density at radius 2 is 1.90 bits per heavy atom. The Morgan fingerprint density at radius 3 is 2.52 bits per heavy atom. The van der Waals surface area contributed by atoms with Crippen molar-refractivity contribution in [2.75, 3.05) is 21.2 Å². The molecule has 110 valence electrons. The van der Waals surface area contributed by atoms with Gasteiger partial charge in [0.15, 0.2) is 11.4 Å². The van der Waals surface area contributed by atoms with Crippen LogP contribution in [-0.2, 0) is 6.61 Å². The Morgan fingerprint density at radius 1 is 1.19 bits per heavy atom. The molecule has 0 N–H and O–H groups in total. The van der Waals surface area contributed by atoms with Crippen molar-refractivity contribution in [3.05, 3.63) is 47.7 Å². The Kier molecular flexibility index (Phi) is 4.71. The minimum atomic E-state index is -0.240. The van der Waals surface area contributed by atoms with Crippen molar-refractivity contribution in [1.29, 1.82) is 0 Å². The van der Waals surface area contributed by atoms with Gasteiger partial charge in [0.1, 0.15) is 6.61 Å². The Bertz CT molecular complexity index is 615. The molecule has 0 aliphatic heterocycles. The van der Waals surface area contributed by atoms with Crippen molar-refractivity contribution >= 4 is 5.91 Å². The zero-order valence-electron chi connectivity index (χ0n) is 12.2. The molecule has 0 saturated carbocycles. The summed E-state index contributed by atoms with van der Waals surface area (Å²) < 4.78 is 10.8. The molecule has 2 aromatic rings. The largest absolute Gasteiger partial charge is 0.491 e. The molecule has 21 heavy (non-hydrogen) atoms. The van der Waals surface area contributed by atoms with Gasteiger partial charge >= 0.3 is 0 Å². The lowest BCUT2D eigenvalue weighted by atomic mass is 10.2. The number of rotatable bonds is 5. The summed E-state index contributed by atoms with van der Waals surface area (Å²) in [5.74, 6) is 0.401. The minimum absolute atomic E-state index is 0.212. The lowest BCUT2D eigenvalue weighted by molar-refractivity contribution is 0.0820. The molecule has 1 aromatic carbocycles. The zero-order chi connectivity index (χ0) is 15.2. The van der Waals surface area contributed by atoms with Crippen LogP contribution in [0.2, 0.25) is 0 Å². The van der Waals surface area contributed by atoms with Crippen LogP contribution in [0.3, 0.4) is 0 Å². The van der Waals surface area contributed by atoms with Crippen molar-refractivity contribution in [2.45, 2.75) is 6.61 Å². The topological polar surface area (TPSA) is 64.5 Å². The summed E-state index contributed by atoms with van der Waals surface area (Å²) in [6.45, 7) is 0.354. The summed E-state index contributed by atoms with van der Waals surface area (Å²) in [7, 11) is 4.79. The lowest BCUT2D eigenvalue weighted by Gasteiger charge is -2.12. The SMILES string of the molecule is COc1cc(C(=O)N(C)C)nnc1OCc1ccccc1. The Hall–Kier alpha value is -2.63. The molecule has 0 atom stereocenters. The summed E-state index contributed by atoms with van der Waals surface area (Å²) in [4.78, 5) is 13.3. The van der Waals surface area contributed by atoms with E-state index in [4.69, 9.17) is 9.47 Å². The molecule has 0 spiro atoms. The summed E-state index contributed by atoms with van der Waals surface area (Å²) in [6.07, 6.45) is 0. The zero-order valence-corrected chi connectivity index (χ0v) is 12.2. The highest BCUT2D eigenvalue weighted by molar-refractivity contribution is 5.92. The van der Waals surface area contributed by atoms with Gasteiger partial charge in [0.2, 0.25) is 0 Å². The lowest BCUT2D eigenvalue weighted by Crippen LogP contribution is -2.23. The molecule has 0 saturated heterocycles. The first-order valence-electron chi connectivity index (χ1n) is 6.42. The number of hydrogen-bond donors (Lipinski definition) is 0. The van der Waals surface area contributed by atoms with Crippen LogP contribution in [-0.4, -0.2) is 42.2 Å². The van der Waals surface area contributed by atoms with E-state index in [1.54, 1.807) is 14.1 Å². The van der Waals surface area contributed by atoms with Gasteiger partial charge in [0.05, 0.1) is 7.11 Å². The second-order valence-corrected chi connectivity index (χ2v) is 4.58. The Balaban J connectivity index is 2.15. The number of amides is 1. The van der Waals surface area contributed by atoms with E-state index in [2.05, 4.69) is 10.2 Å². The van der Waals surface area contributed by atoms with E-state index in [1.165, 1.54) is 18.1 Å². The molecule has 0 fully saturated rings. The maximum atomic E-state index is 11.8. The van der Waals surface area contributed by atoms with E-state index >= 15 is 0 Å². The van der Waals surface area contributed by atoms with Gasteiger partial charge in [-0.05, 0) is 5.56 Å². The molecular formula is C15H17N3O3. The molecule has 0 aliphatic carbocycles. The number of carbonyl (C=O) groups is 1. The first-order valence-corrected chi connectivity index (χ1v) is 6.42. The van der Waals surface area contributed by atoms with Crippen molar-refractivity contribution < 1.29 is 14.3 Å². The quantitative estimate of drug-likeness (QED) is 0.838. The number of nitrogens with zero attached hydrogens (tertiary/aromatic N) is 3. The highest BCUT2D eigenvalue weighted by Crippen LogP contribution is 2.24. The number of ether oxygens (including phenoxy) is 2. The summed E-state index contributed by atoms with van der Waals surface area (Å²) >= 11 is 0. The van der Waals surface area contributed by atoms with Crippen LogP contribution in [0.4, 0.5) is 0 Å². The van der Waals surface area contributed by atoms with Crippen LogP contribution in [0.5, 0.6) is 11.6 Å². The van der Waals surface area contributed by atoms with E-state index in [0.717, 1.165) is 5.56 Å². The molecule has 0 bridgehead atoms. The molecule has 2 rings (SSSR count). The van der Waals surface area contributed by atoms with Gasteiger partial charge < -0.3 is 14.4 Å². The number of benzene rings is 1. The number of methoxy groups -OCH3 is 1. The molecule has 1 aromatic heterocycles. The molecule has 0 aliphatic rings. The standard InChI is InChI=1S/C15H17N3O3/c1-18(2)15(19)12-9-13(20-3)14(17-16-12)21-10-11-7-5-4-6-8-11/h4-9H,10H2,1-3H3. The van der Waals surface area contributed by atoms with Crippen molar-refractivity contribution in [1.82, 2.24) is 15.1 Å². The van der Waals surface area contributed by atoms with E-state index < -0.39 is 0 Å². The molecule has 0 unspecified atom stereocenters. The molecule has 6 nitrogen and oxygen atoms in total. The third kappa shape index (κ3) is 3.68. The first-order chi connectivity index (χ1) is 10.1. The van der Waals surface area contributed by atoms with E-state index in [0.29, 0.717) is 12.4 Å². The number of carbonyl (C=O) groups excluding carboxylic acids is 1. The fourth-order valence-electron chi connectivity index (χ4n) is 1.67. The van der Waals surface area contributed by atoms with E-state index in [1.807, 2.05) is 30.3 Å². The normalized spacial score (nSPS) is 10.0. The highest BCUT2D eigenvalue weighted by atomic mass is 16.5. The van der Waals surface area contributed by atoms with Gasteiger partial charge in [-0.25, -0.2) is 0 Å². The van der Waals surface area contributed by atoms with Crippen LogP contribution < -0.4 is 9.47 Å². The number of aromatic nitrogens is 2. The summed E-state index contributed by atoms with van der Waals surface area (Å²) in [5.41, 5.74) is 1.22. The van der Waals surface area contributed by atoms with Crippen molar-refractivity contribution in [3.8, 4) is 11.6 Å². The highest BCUT2D eigenvalue weighted by Gasteiger charge is 2.15. The van der Waals surface area contributed by atoms with Gasteiger partial charge in [0, 0.05) is 20.2 Å². The van der Waals surface area contributed by atoms with Gasteiger partial charge in [-0.2, -0.15) is 0 Å². The van der Waals surface area contributed by atoms with Crippen LogP contribution in [0.25, 0.3) is 0 Å². The third-order valence-corrected chi connectivity index (χ3v) is 2.79. The molecule has 1 heterocycles. The van der Waals surface area contributed by atoms with Gasteiger partial charge in [-0.3, -0.25) is 4.79 Å².